The molecule has 0 radical (unpaired) electrons. The van der Waals surface area contributed by atoms with Crippen molar-refractivity contribution in [2.45, 2.75) is 20.3 Å². The lowest BCUT2D eigenvalue weighted by Crippen LogP contribution is -2.13. The van der Waals surface area contributed by atoms with Crippen molar-refractivity contribution < 1.29 is 17.0 Å². The van der Waals surface area contributed by atoms with Crippen molar-refractivity contribution in [1.82, 2.24) is 4.98 Å². The number of oxazole rings is 1. The van der Waals surface area contributed by atoms with Crippen molar-refractivity contribution in [3.05, 3.63) is 48.0 Å². The van der Waals surface area contributed by atoms with E-state index in [0.717, 1.165) is 5.56 Å². The Bertz CT molecular complexity index is 911. The molecule has 1 aromatic heterocycles. The molecule has 2 aromatic carbocycles. The van der Waals surface area contributed by atoms with Gasteiger partial charge in [0, 0.05) is 0 Å². The molecule has 0 aliphatic rings. The fraction of sp³-hybridized carbons (Fsp3) is 0.235. The van der Waals surface area contributed by atoms with Crippen molar-refractivity contribution in [3.8, 4) is 17.2 Å². The summed E-state index contributed by atoms with van der Waals surface area (Å²) in [6.45, 7) is 3.70. The second-order valence-corrected chi connectivity index (χ2v) is 7.02. The van der Waals surface area contributed by atoms with Crippen LogP contribution in [0.1, 0.15) is 18.9 Å². The third-order valence-corrected chi connectivity index (χ3v) is 4.67. The molecule has 0 N–H and O–H groups in total. The molecule has 0 fully saturated rings. The summed E-state index contributed by atoms with van der Waals surface area (Å²) in [5.41, 5.74) is 2.85. The number of rotatable bonds is 5. The van der Waals surface area contributed by atoms with Crippen LogP contribution in [0.25, 0.3) is 22.6 Å². The van der Waals surface area contributed by atoms with Crippen LogP contribution >= 0.6 is 0 Å². The number of hydrogen-bond acceptors (Lipinski definition) is 5. The van der Waals surface area contributed by atoms with Crippen LogP contribution in [0.3, 0.4) is 0 Å². The molecule has 0 saturated heterocycles. The summed E-state index contributed by atoms with van der Waals surface area (Å²) in [5.74, 6) is 0.542. The van der Waals surface area contributed by atoms with E-state index >= 15 is 0 Å². The van der Waals surface area contributed by atoms with E-state index in [-0.39, 0.29) is 11.5 Å². The maximum absolute atomic E-state index is 12.0. The van der Waals surface area contributed by atoms with Gasteiger partial charge in [0.2, 0.25) is 5.89 Å². The first kappa shape index (κ1) is 15.6. The molecule has 120 valence electrons. The van der Waals surface area contributed by atoms with Crippen LogP contribution in [0.5, 0.6) is 5.75 Å². The summed E-state index contributed by atoms with van der Waals surface area (Å²) in [4.78, 5) is 4.42. The number of para-hydroxylation sites is 2. The van der Waals surface area contributed by atoms with Crippen LogP contribution in [0.2, 0.25) is 0 Å². The normalized spacial score (nSPS) is 11.7. The first-order chi connectivity index (χ1) is 11.0. The van der Waals surface area contributed by atoms with Crippen LogP contribution in [-0.2, 0) is 10.1 Å². The van der Waals surface area contributed by atoms with Crippen LogP contribution in [0.15, 0.2) is 46.9 Å². The highest BCUT2D eigenvalue weighted by molar-refractivity contribution is 7.87. The summed E-state index contributed by atoms with van der Waals surface area (Å²) in [5, 5.41) is 0. The topological polar surface area (TPSA) is 69.4 Å². The summed E-state index contributed by atoms with van der Waals surface area (Å²) < 4.78 is 34.9. The van der Waals surface area contributed by atoms with Gasteiger partial charge in [-0.15, -0.1) is 0 Å². The standard InChI is InChI=1S/C17H17NO4S/c1-3-10-23(19,20)22-15-9-8-12(2)11-13(15)17-18-14-6-4-5-7-16(14)21-17/h4-9,11H,3,10H2,1-2H3. The molecule has 6 heteroatoms. The van der Waals surface area contributed by atoms with E-state index in [1.165, 1.54) is 0 Å². The summed E-state index contributed by atoms with van der Waals surface area (Å²) >= 11 is 0. The molecule has 3 aromatic rings. The lowest BCUT2D eigenvalue weighted by Gasteiger charge is -2.09. The lowest BCUT2D eigenvalue weighted by atomic mass is 10.1. The molecule has 0 unspecified atom stereocenters. The van der Waals surface area contributed by atoms with Gasteiger partial charge in [-0.2, -0.15) is 8.42 Å². The molecule has 0 atom stereocenters. The van der Waals surface area contributed by atoms with Crippen molar-refractivity contribution in [1.29, 1.82) is 0 Å². The molecule has 1 heterocycles. The van der Waals surface area contributed by atoms with Gasteiger partial charge in [-0.1, -0.05) is 30.7 Å². The minimum Gasteiger partial charge on any atom is -0.436 e. The maximum atomic E-state index is 12.0. The predicted octanol–water partition coefficient (Wildman–Crippen LogP) is 3.92. The average Bonchev–Trinajstić information content (AvgIpc) is 2.92. The highest BCUT2D eigenvalue weighted by Crippen LogP contribution is 2.33. The Hall–Kier alpha value is -2.34. The van der Waals surface area contributed by atoms with Gasteiger partial charge < -0.3 is 8.60 Å². The van der Waals surface area contributed by atoms with E-state index in [1.807, 2.05) is 37.3 Å². The molecule has 0 bridgehead atoms. The molecule has 0 aliphatic heterocycles. The highest BCUT2D eigenvalue weighted by atomic mass is 32.2. The minimum atomic E-state index is -3.63. The number of benzene rings is 2. The molecular formula is C17H17NO4S. The van der Waals surface area contributed by atoms with E-state index in [9.17, 15) is 8.42 Å². The number of hydrogen-bond donors (Lipinski definition) is 0. The van der Waals surface area contributed by atoms with Gasteiger partial charge in [0.05, 0.1) is 11.3 Å². The van der Waals surface area contributed by atoms with Crippen LogP contribution < -0.4 is 4.18 Å². The van der Waals surface area contributed by atoms with Gasteiger partial charge in [-0.05, 0) is 37.6 Å². The monoisotopic (exact) mass is 331 g/mol. The third-order valence-electron chi connectivity index (χ3n) is 3.33. The summed E-state index contributed by atoms with van der Waals surface area (Å²) in [6.07, 6.45) is 0.492. The molecule has 3 rings (SSSR count). The van der Waals surface area contributed by atoms with Gasteiger partial charge in [0.25, 0.3) is 0 Å². The van der Waals surface area contributed by atoms with E-state index in [1.54, 1.807) is 19.1 Å². The minimum absolute atomic E-state index is 0.0339. The van der Waals surface area contributed by atoms with Gasteiger partial charge in [0.1, 0.15) is 5.52 Å². The number of nitrogens with zero attached hydrogens (tertiary/aromatic N) is 1. The lowest BCUT2D eigenvalue weighted by molar-refractivity contribution is 0.484. The van der Waals surface area contributed by atoms with Gasteiger partial charge in [-0.25, -0.2) is 4.98 Å². The zero-order chi connectivity index (χ0) is 16.4. The summed E-state index contributed by atoms with van der Waals surface area (Å²) in [6, 6.07) is 12.6. The fourth-order valence-electron chi connectivity index (χ4n) is 2.30. The predicted molar refractivity (Wildman–Crippen MR) is 88.9 cm³/mol. The summed E-state index contributed by atoms with van der Waals surface area (Å²) in [7, 11) is -3.63. The second-order valence-electron chi connectivity index (χ2n) is 5.33. The van der Waals surface area contributed by atoms with E-state index < -0.39 is 10.1 Å². The zero-order valence-electron chi connectivity index (χ0n) is 12.9. The molecular weight excluding hydrogens is 314 g/mol. The van der Waals surface area contributed by atoms with Crippen LogP contribution in [0, 0.1) is 6.92 Å². The van der Waals surface area contributed by atoms with Gasteiger partial charge >= 0.3 is 10.1 Å². The van der Waals surface area contributed by atoms with Gasteiger partial charge in [-0.3, -0.25) is 0 Å². The molecule has 5 nitrogen and oxygen atoms in total. The molecule has 23 heavy (non-hydrogen) atoms. The molecule has 0 saturated carbocycles. The van der Waals surface area contributed by atoms with Crippen molar-refractivity contribution in [2.75, 3.05) is 5.75 Å². The van der Waals surface area contributed by atoms with Crippen LogP contribution in [0.4, 0.5) is 0 Å². The highest BCUT2D eigenvalue weighted by Gasteiger charge is 2.18. The molecule has 0 amide bonds. The average molecular weight is 331 g/mol. The van der Waals surface area contributed by atoms with Crippen LogP contribution in [-0.4, -0.2) is 19.2 Å². The Morgan fingerprint density at radius 3 is 2.70 bits per heavy atom. The van der Waals surface area contributed by atoms with E-state index in [0.29, 0.717) is 29.0 Å². The Labute approximate surface area is 135 Å². The van der Waals surface area contributed by atoms with E-state index in [2.05, 4.69) is 4.98 Å². The fourth-order valence-corrected chi connectivity index (χ4v) is 3.30. The molecule has 0 spiro atoms. The second kappa shape index (κ2) is 6.04. The van der Waals surface area contributed by atoms with Crippen molar-refractivity contribution in [3.63, 3.8) is 0 Å². The number of aromatic nitrogens is 1. The number of aryl methyl sites for hydroxylation is 1. The first-order valence-electron chi connectivity index (χ1n) is 7.37. The van der Waals surface area contributed by atoms with E-state index in [4.69, 9.17) is 8.60 Å². The number of fused-ring (bicyclic) bond motifs is 1. The first-order valence-corrected chi connectivity index (χ1v) is 8.95. The Morgan fingerprint density at radius 1 is 1.17 bits per heavy atom. The quantitative estimate of drug-likeness (QED) is 0.663. The smallest absolute Gasteiger partial charge is 0.309 e. The Morgan fingerprint density at radius 2 is 1.96 bits per heavy atom. The van der Waals surface area contributed by atoms with Crippen molar-refractivity contribution in [2.24, 2.45) is 0 Å². The maximum Gasteiger partial charge on any atom is 0.309 e. The third kappa shape index (κ3) is 3.37. The van der Waals surface area contributed by atoms with Gasteiger partial charge in [0.15, 0.2) is 11.3 Å². The Balaban J connectivity index is 2.09. The van der Waals surface area contributed by atoms with Crippen molar-refractivity contribution >= 4 is 21.2 Å². The Kier molecular flexibility index (Phi) is 4.09. The SMILES string of the molecule is CCCS(=O)(=O)Oc1ccc(C)cc1-c1nc2ccccc2o1. The largest absolute Gasteiger partial charge is 0.436 e. The zero-order valence-corrected chi connectivity index (χ0v) is 13.8. The molecule has 0 aliphatic carbocycles.